The molecule has 7 heteroatoms. The molecular weight excluding hydrogens is 336 g/mol. The molecule has 0 radical (unpaired) electrons. The summed E-state index contributed by atoms with van der Waals surface area (Å²) >= 11 is 5.95. The highest BCUT2D eigenvalue weighted by Gasteiger charge is 2.58. The fourth-order valence-electron chi connectivity index (χ4n) is 3.06. The Morgan fingerprint density at radius 1 is 1.21 bits per heavy atom. The van der Waals surface area contributed by atoms with Crippen LogP contribution < -0.4 is 0 Å². The number of rotatable bonds is 4. The SMILES string of the molecule is CC1(C)OC[C@]2(OC[C@@H](O)[C@@H](O)[C@@H]2OCc2ccccc2CCl)O1. The van der Waals surface area contributed by atoms with Gasteiger partial charge in [-0.15, -0.1) is 11.6 Å². The lowest BCUT2D eigenvalue weighted by atomic mass is 9.97. The van der Waals surface area contributed by atoms with Gasteiger partial charge in [0.2, 0.25) is 5.79 Å². The number of aliphatic hydroxyl groups excluding tert-OH is 2. The molecule has 0 unspecified atom stereocenters. The molecule has 4 atom stereocenters. The van der Waals surface area contributed by atoms with Gasteiger partial charge < -0.3 is 29.2 Å². The van der Waals surface area contributed by atoms with Crippen molar-refractivity contribution in [2.75, 3.05) is 13.2 Å². The van der Waals surface area contributed by atoms with Gasteiger partial charge in [-0.05, 0) is 25.0 Å². The maximum atomic E-state index is 10.4. The van der Waals surface area contributed by atoms with Crippen LogP contribution in [0.25, 0.3) is 0 Å². The van der Waals surface area contributed by atoms with E-state index in [1.165, 1.54) is 0 Å². The Kier molecular flexibility index (Phi) is 5.18. The molecule has 24 heavy (non-hydrogen) atoms. The zero-order valence-corrected chi connectivity index (χ0v) is 14.5. The van der Waals surface area contributed by atoms with Crippen molar-refractivity contribution >= 4 is 11.6 Å². The molecule has 1 aromatic carbocycles. The van der Waals surface area contributed by atoms with Crippen LogP contribution in [0.4, 0.5) is 0 Å². The summed E-state index contributed by atoms with van der Waals surface area (Å²) in [6, 6.07) is 7.63. The van der Waals surface area contributed by atoms with Gasteiger partial charge in [-0.25, -0.2) is 0 Å². The zero-order valence-electron chi connectivity index (χ0n) is 13.8. The normalized spacial score (nSPS) is 35.5. The highest BCUT2D eigenvalue weighted by Crippen LogP contribution is 2.40. The summed E-state index contributed by atoms with van der Waals surface area (Å²) in [5.74, 6) is -1.72. The number of halogens is 1. The second-order valence-corrected chi connectivity index (χ2v) is 6.87. The average molecular weight is 359 g/mol. The first-order valence-corrected chi connectivity index (χ1v) is 8.49. The Morgan fingerprint density at radius 2 is 1.92 bits per heavy atom. The minimum absolute atomic E-state index is 0.0429. The molecule has 2 fully saturated rings. The summed E-state index contributed by atoms with van der Waals surface area (Å²) in [5, 5.41) is 20.4. The molecule has 0 saturated carbocycles. The van der Waals surface area contributed by atoms with E-state index in [1.807, 2.05) is 24.3 Å². The molecule has 1 spiro atoms. The summed E-state index contributed by atoms with van der Waals surface area (Å²) < 4.78 is 23.1. The van der Waals surface area contributed by atoms with Gasteiger partial charge in [-0.2, -0.15) is 0 Å². The largest absolute Gasteiger partial charge is 0.388 e. The number of benzene rings is 1. The number of hydrogen-bond acceptors (Lipinski definition) is 6. The monoisotopic (exact) mass is 358 g/mol. The van der Waals surface area contributed by atoms with E-state index in [-0.39, 0.29) is 19.8 Å². The first-order valence-electron chi connectivity index (χ1n) is 7.95. The van der Waals surface area contributed by atoms with Gasteiger partial charge >= 0.3 is 0 Å². The van der Waals surface area contributed by atoms with Gasteiger partial charge in [0.1, 0.15) is 24.9 Å². The summed E-state index contributed by atoms with van der Waals surface area (Å²) in [7, 11) is 0. The fourth-order valence-corrected chi connectivity index (χ4v) is 3.32. The second kappa shape index (κ2) is 6.88. The van der Waals surface area contributed by atoms with Crippen molar-refractivity contribution in [3.8, 4) is 0 Å². The van der Waals surface area contributed by atoms with Gasteiger partial charge in [0.15, 0.2) is 5.79 Å². The van der Waals surface area contributed by atoms with E-state index in [0.717, 1.165) is 11.1 Å². The molecule has 2 aliphatic heterocycles. The Balaban J connectivity index is 1.79. The van der Waals surface area contributed by atoms with Gasteiger partial charge in [-0.1, -0.05) is 24.3 Å². The standard InChI is InChI=1S/C17H23ClO6/c1-16(2)23-10-17(24-16)15(14(20)13(19)9-22-17)21-8-12-6-4-3-5-11(12)7-18/h3-6,13-15,19-20H,7-10H2,1-2H3/t13-,14-,15+,17+/m1/s1. The Hall–Kier alpha value is -0.730. The smallest absolute Gasteiger partial charge is 0.224 e. The number of aliphatic hydroxyl groups is 2. The highest BCUT2D eigenvalue weighted by molar-refractivity contribution is 6.17. The topological polar surface area (TPSA) is 77.4 Å². The zero-order chi connectivity index (χ0) is 17.4. The van der Waals surface area contributed by atoms with Crippen LogP contribution >= 0.6 is 11.6 Å². The average Bonchev–Trinajstić information content (AvgIpc) is 2.87. The Morgan fingerprint density at radius 3 is 2.54 bits per heavy atom. The lowest BCUT2D eigenvalue weighted by Crippen LogP contribution is -2.63. The molecule has 0 aromatic heterocycles. The van der Waals surface area contributed by atoms with Gasteiger partial charge in [0.25, 0.3) is 0 Å². The number of ether oxygens (including phenoxy) is 4. The third-order valence-corrected chi connectivity index (χ3v) is 4.64. The first kappa shape index (κ1) is 18.1. The third-order valence-electron chi connectivity index (χ3n) is 4.36. The van der Waals surface area contributed by atoms with Crippen LogP contribution in [0, 0.1) is 0 Å². The van der Waals surface area contributed by atoms with E-state index in [4.69, 9.17) is 30.5 Å². The molecule has 2 saturated heterocycles. The summed E-state index contributed by atoms with van der Waals surface area (Å²) in [4.78, 5) is 0. The Labute approximate surface area is 146 Å². The van der Waals surface area contributed by atoms with E-state index in [1.54, 1.807) is 13.8 Å². The molecule has 2 heterocycles. The van der Waals surface area contributed by atoms with E-state index in [9.17, 15) is 10.2 Å². The molecule has 6 nitrogen and oxygen atoms in total. The molecular formula is C17H23ClO6. The lowest BCUT2D eigenvalue weighted by Gasteiger charge is -2.44. The van der Waals surface area contributed by atoms with Gasteiger partial charge in [0.05, 0.1) is 13.2 Å². The third kappa shape index (κ3) is 3.46. The predicted octanol–water partition coefficient (Wildman–Crippen LogP) is 1.54. The number of alkyl halides is 1. The first-order chi connectivity index (χ1) is 11.4. The van der Waals surface area contributed by atoms with Crippen molar-refractivity contribution in [2.45, 2.75) is 56.2 Å². The van der Waals surface area contributed by atoms with Crippen LogP contribution in [-0.4, -0.2) is 53.3 Å². The van der Waals surface area contributed by atoms with Crippen molar-refractivity contribution in [3.05, 3.63) is 35.4 Å². The van der Waals surface area contributed by atoms with Crippen LogP contribution in [0.2, 0.25) is 0 Å². The van der Waals surface area contributed by atoms with Gasteiger partial charge in [0, 0.05) is 5.88 Å². The van der Waals surface area contributed by atoms with Gasteiger partial charge in [-0.3, -0.25) is 0 Å². The number of hydrogen-bond donors (Lipinski definition) is 2. The molecule has 1 aromatic rings. The van der Waals surface area contributed by atoms with Crippen LogP contribution in [-0.2, 0) is 31.4 Å². The predicted molar refractivity (Wildman–Crippen MR) is 86.4 cm³/mol. The lowest BCUT2D eigenvalue weighted by molar-refractivity contribution is -0.347. The quantitative estimate of drug-likeness (QED) is 0.795. The van der Waals surface area contributed by atoms with Crippen molar-refractivity contribution in [1.82, 2.24) is 0 Å². The van der Waals surface area contributed by atoms with E-state index in [2.05, 4.69) is 0 Å². The minimum Gasteiger partial charge on any atom is -0.388 e. The summed E-state index contributed by atoms with van der Waals surface area (Å²) in [6.07, 6.45) is -3.07. The van der Waals surface area contributed by atoms with E-state index in [0.29, 0.717) is 5.88 Å². The second-order valence-electron chi connectivity index (χ2n) is 6.61. The maximum absolute atomic E-state index is 10.4. The van der Waals surface area contributed by atoms with E-state index >= 15 is 0 Å². The molecule has 2 aliphatic rings. The fraction of sp³-hybridized carbons (Fsp3) is 0.647. The minimum atomic E-state index is -1.24. The van der Waals surface area contributed by atoms with Crippen LogP contribution in [0.15, 0.2) is 24.3 Å². The Bertz CT molecular complexity index is 580. The molecule has 2 N–H and O–H groups in total. The van der Waals surface area contributed by atoms with Crippen molar-refractivity contribution in [2.24, 2.45) is 0 Å². The van der Waals surface area contributed by atoms with Crippen LogP contribution in [0.5, 0.6) is 0 Å². The summed E-state index contributed by atoms with van der Waals surface area (Å²) in [5.41, 5.74) is 1.86. The molecule has 134 valence electrons. The van der Waals surface area contributed by atoms with Crippen LogP contribution in [0.3, 0.4) is 0 Å². The maximum Gasteiger partial charge on any atom is 0.224 e. The van der Waals surface area contributed by atoms with E-state index < -0.39 is 29.9 Å². The van der Waals surface area contributed by atoms with Crippen LogP contribution in [0.1, 0.15) is 25.0 Å². The van der Waals surface area contributed by atoms with Crippen molar-refractivity contribution < 1.29 is 29.2 Å². The molecule has 0 aliphatic carbocycles. The summed E-state index contributed by atoms with van der Waals surface area (Å²) in [6.45, 7) is 3.82. The van der Waals surface area contributed by atoms with Crippen molar-refractivity contribution in [1.29, 1.82) is 0 Å². The highest BCUT2D eigenvalue weighted by atomic mass is 35.5. The van der Waals surface area contributed by atoms with Crippen molar-refractivity contribution in [3.63, 3.8) is 0 Å². The molecule has 3 rings (SSSR count). The molecule has 0 bridgehead atoms. The molecule has 0 amide bonds.